The lowest BCUT2D eigenvalue weighted by molar-refractivity contribution is -0.126. The van der Waals surface area contributed by atoms with Crippen LogP contribution in [0.5, 0.6) is 0 Å². The number of H-pyrrole nitrogens is 2. The fraction of sp³-hybridized carbons (Fsp3) is 0.227. The van der Waals surface area contributed by atoms with Crippen molar-refractivity contribution in [3.05, 3.63) is 60.0 Å². The summed E-state index contributed by atoms with van der Waals surface area (Å²) in [5, 5.41) is 11.8. The molecule has 1 saturated heterocycles. The molecule has 0 saturated carbocycles. The van der Waals surface area contributed by atoms with Crippen LogP contribution in [0.1, 0.15) is 12.0 Å². The van der Waals surface area contributed by atoms with E-state index in [2.05, 4.69) is 20.5 Å². The van der Waals surface area contributed by atoms with E-state index in [0.29, 0.717) is 25.3 Å². The molecule has 7 nitrogen and oxygen atoms in total. The third kappa shape index (κ3) is 3.20. The second-order valence-corrected chi connectivity index (χ2v) is 7.54. The third-order valence-electron chi connectivity index (χ3n) is 5.62. The first kappa shape index (κ1) is 18.4. The molecule has 4 aromatic rings. The van der Waals surface area contributed by atoms with Crippen LogP contribution in [0.2, 0.25) is 0 Å². The van der Waals surface area contributed by atoms with Crippen LogP contribution in [0.3, 0.4) is 0 Å². The first-order chi connectivity index (χ1) is 14.6. The Morgan fingerprint density at radius 3 is 2.97 bits per heavy atom. The summed E-state index contributed by atoms with van der Waals surface area (Å²) >= 11 is 0. The van der Waals surface area contributed by atoms with Crippen LogP contribution in [-0.4, -0.2) is 40.1 Å². The molecule has 2 aromatic carbocycles. The molecule has 3 heterocycles. The Bertz CT molecular complexity index is 1260. The van der Waals surface area contributed by atoms with Gasteiger partial charge in [0.1, 0.15) is 5.82 Å². The lowest BCUT2D eigenvalue weighted by atomic mass is 10.1. The summed E-state index contributed by atoms with van der Waals surface area (Å²) in [5.74, 6) is -0.417. The molecule has 0 spiro atoms. The van der Waals surface area contributed by atoms with Gasteiger partial charge in [-0.25, -0.2) is 4.39 Å². The number of aromatic nitrogens is 3. The van der Waals surface area contributed by atoms with Crippen LogP contribution in [-0.2, 0) is 16.0 Å². The molecule has 0 radical (unpaired) electrons. The van der Waals surface area contributed by atoms with E-state index in [9.17, 15) is 14.0 Å². The number of carbonyl (C=O) groups excluding carboxylic acids is 2. The van der Waals surface area contributed by atoms with E-state index in [0.717, 1.165) is 27.4 Å². The van der Waals surface area contributed by atoms with Crippen LogP contribution in [0.15, 0.2) is 48.7 Å². The maximum Gasteiger partial charge on any atom is 0.229 e. The van der Waals surface area contributed by atoms with Crippen molar-refractivity contribution in [3.63, 3.8) is 0 Å². The number of nitrogens with one attached hydrogen (secondary N) is 3. The topological polar surface area (TPSA) is 93.9 Å². The Balaban J connectivity index is 1.23. The number of hydrogen-bond acceptors (Lipinski definition) is 3. The number of amides is 2. The van der Waals surface area contributed by atoms with E-state index in [4.69, 9.17) is 0 Å². The molecule has 1 unspecified atom stereocenters. The lowest BCUT2D eigenvalue weighted by Crippen LogP contribution is -2.34. The zero-order valence-electron chi connectivity index (χ0n) is 16.1. The third-order valence-corrected chi connectivity index (χ3v) is 5.62. The quantitative estimate of drug-likeness (QED) is 0.477. The predicted octanol–water partition coefficient (Wildman–Crippen LogP) is 2.90. The minimum Gasteiger partial charge on any atom is -0.361 e. The van der Waals surface area contributed by atoms with Gasteiger partial charge in [0.05, 0.1) is 11.4 Å². The molecule has 5 rings (SSSR count). The van der Waals surface area contributed by atoms with E-state index in [1.54, 1.807) is 11.0 Å². The van der Waals surface area contributed by atoms with E-state index in [-0.39, 0.29) is 24.1 Å². The number of halogens is 1. The maximum atomic E-state index is 13.5. The number of benzene rings is 2. The van der Waals surface area contributed by atoms with Gasteiger partial charge < -0.3 is 10.3 Å². The Hall–Kier alpha value is -3.68. The number of fused-ring (bicyclic) bond motifs is 2. The van der Waals surface area contributed by atoms with Crippen molar-refractivity contribution < 1.29 is 14.0 Å². The van der Waals surface area contributed by atoms with Gasteiger partial charge >= 0.3 is 0 Å². The van der Waals surface area contributed by atoms with Gasteiger partial charge in [0.25, 0.3) is 0 Å². The van der Waals surface area contributed by atoms with Crippen LogP contribution in [0, 0.1) is 11.7 Å². The number of nitrogens with zero attached hydrogens (tertiary/aromatic N) is 2. The zero-order chi connectivity index (χ0) is 20.7. The highest BCUT2D eigenvalue weighted by atomic mass is 19.1. The average molecular weight is 405 g/mol. The van der Waals surface area contributed by atoms with Gasteiger partial charge in [0.15, 0.2) is 5.82 Å². The molecule has 0 aliphatic carbocycles. The van der Waals surface area contributed by atoms with E-state index in [1.807, 2.05) is 30.5 Å². The standard InChI is InChI=1S/C22H20FN5O2/c23-15-5-6-18-17(10-15)13(11-25-18)7-8-24-22(30)14-9-20(29)28(12-14)21-16-3-1-2-4-19(16)26-27-21/h1-6,10-11,14,25H,7-9,12H2,(H,24,30)(H,26,27). The molecule has 8 heteroatoms. The Morgan fingerprint density at radius 2 is 2.07 bits per heavy atom. The number of carbonyl (C=O) groups is 2. The molecule has 1 aliphatic heterocycles. The first-order valence-electron chi connectivity index (χ1n) is 9.87. The van der Waals surface area contributed by atoms with Crippen molar-refractivity contribution in [2.24, 2.45) is 5.92 Å². The summed E-state index contributed by atoms with van der Waals surface area (Å²) in [5.41, 5.74) is 2.65. The summed E-state index contributed by atoms with van der Waals surface area (Å²) in [4.78, 5) is 29.8. The molecule has 2 amide bonds. The van der Waals surface area contributed by atoms with Gasteiger partial charge in [-0.2, -0.15) is 5.10 Å². The van der Waals surface area contributed by atoms with E-state index in [1.165, 1.54) is 12.1 Å². The molecule has 1 fully saturated rings. The minimum atomic E-state index is -0.423. The fourth-order valence-corrected chi connectivity index (χ4v) is 4.06. The van der Waals surface area contributed by atoms with Gasteiger partial charge in [-0.15, -0.1) is 0 Å². The monoisotopic (exact) mass is 405 g/mol. The highest BCUT2D eigenvalue weighted by Gasteiger charge is 2.36. The lowest BCUT2D eigenvalue weighted by Gasteiger charge is -2.14. The summed E-state index contributed by atoms with van der Waals surface area (Å²) in [6.07, 6.45) is 2.56. The van der Waals surface area contributed by atoms with Crippen LogP contribution in [0.4, 0.5) is 10.2 Å². The highest BCUT2D eigenvalue weighted by molar-refractivity contribution is 6.05. The van der Waals surface area contributed by atoms with Crippen molar-refractivity contribution in [1.82, 2.24) is 20.5 Å². The SMILES string of the molecule is O=C(NCCc1c[nH]c2ccc(F)cc12)C1CC(=O)N(c2n[nH]c3ccccc23)C1. The second-order valence-electron chi connectivity index (χ2n) is 7.54. The highest BCUT2D eigenvalue weighted by Crippen LogP contribution is 2.29. The van der Waals surface area contributed by atoms with Crippen molar-refractivity contribution in [3.8, 4) is 0 Å². The molecular weight excluding hydrogens is 385 g/mol. The average Bonchev–Trinajstić information content (AvgIpc) is 3.44. The summed E-state index contributed by atoms with van der Waals surface area (Å²) in [7, 11) is 0. The second kappa shape index (κ2) is 7.29. The zero-order valence-corrected chi connectivity index (χ0v) is 16.1. The molecule has 1 atom stereocenters. The van der Waals surface area contributed by atoms with Gasteiger partial charge in [-0.3, -0.25) is 19.6 Å². The molecular formula is C22H20FN5O2. The maximum absolute atomic E-state index is 13.5. The minimum absolute atomic E-state index is 0.112. The first-order valence-corrected chi connectivity index (χ1v) is 9.87. The molecule has 1 aliphatic rings. The van der Waals surface area contributed by atoms with Crippen LogP contribution < -0.4 is 10.2 Å². The molecule has 30 heavy (non-hydrogen) atoms. The van der Waals surface area contributed by atoms with Crippen LogP contribution in [0.25, 0.3) is 21.8 Å². The molecule has 3 N–H and O–H groups in total. The fourth-order valence-electron chi connectivity index (χ4n) is 4.06. The van der Waals surface area contributed by atoms with E-state index < -0.39 is 5.92 Å². The number of para-hydroxylation sites is 1. The number of hydrogen-bond donors (Lipinski definition) is 3. The number of rotatable bonds is 5. The van der Waals surface area contributed by atoms with Crippen molar-refractivity contribution in [2.45, 2.75) is 12.8 Å². The largest absolute Gasteiger partial charge is 0.361 e. The molecule has 0 bridgehead atoms. The number of anilines is 1. The van der Waals surface area contributed by atoms with Gasteiger partial charge in [0, 0.05) is 42.0 Å². The summed E-state index contributed by atoms with van der Waals surface area (Å²) in [6, 6.07) is 12.2. The van der Waals surface area contributed by atoms with Gasteiger partial charge in [-0.05, 0) is 42.3 Å². The number of aromatic amines is 2. The van der Waals surface area contributed by atoms with Crippen molar-refractivity contribution >= 4 is 39.4 Å². The molecule has 2 aromatic heterocycles. The van der Waals surface area contributed by atoms with Crippen LogP contribution >= 0.6 is 0 Å². The summed E-state index contributed by atoms with van der Waals surface area (Å²) in [6.45, 7) is 0.718. The Kier molecular flexibility index (Phi) is 4.46. The van der Waals surface area contributed by atoms with E-state index >= 15 is 0 Å². The van der Waals surface area contributed by atoms with Crippen molar-refractivity contribution in [1.29, 1.82) is 0 Å². The predicted molar refractivity (Wildman–Crippen MR) is 112 cm³/mol. The van der Waals surface area contributed by atoms with Crippen molar-refractivity contribution in [2.75, 3.05) is 18.0 Å². The summed E-state index contributed by atoms with van der Waals surface area (Å²) < 4.78 is 13.5. The Morgan fingerprint density at radius 1 is 1.20 bits per heavy atom. The van der Waals surface area contributed by atoms with Gasteiger partial charge in [0.2, 0.25) is 11.8 Å². The normalized spacial score (nSPS) is 16.6. The smallest absolute Gasteiger partial charge is 0.229 e. The Labute approximate surface area is 171 Å². The molecule has 152 valence electrons. The van der Waals surface area contributed by atoms with Gasteiger partial charge in [-0.1, -0.05) is 12.1 Å².